The monoisotopic (exact) mass is 290 g/mol. The number of fused-ring (bicyclic) bond motifs is 2. The van der Waals surface area contributed by atoms with E-state index in [1.807, 2.05) is 30.3 Å². The fraction of sp³-hybridized carbons (Fsp3) is 0.235. The van der Waals surface area contributed by atoms with Crippen LogP contribution in [0.15, 0.2) is 41.3 Å². The fourth-order valence-electron chi connectivity index (χ4n) is 3.39. The quantitative estimate of drug-likeness (QED) is 0.585. The molecule has 1 aliphatic rings. The largest absolute Gasteiger partial charge is 0.295 e. The average molecular weight is 290 g/mol. The molecule has 0 saturated heterocycles. The van der Waals surface area contributed by atoms with Gasteiger partial charge in [0.05, 0.1) is 23.1 Å². The Morgan fingerprint density at radius 2 is 1.95 bits per heavy atom. The smallest absolute Gasteiger partial charge is 0.273 e. The molecule has 4 aromatic rings. The number of aromatic nitrogens is 4. The molecule has 2 aromatic carbocycles. The van der Waals surface area contributed by atoms with E-state index in [0.29, 0.717) is 6.04 Å². The molecule has 1 fully saturated rings. The second-order valence-corrected chi connectivity index (χ2v) is 5.99. The summed E-state index contributed by atoms with van der Waals surface area (Å²) in [5.74, 6) is 0. The van der Waals surface area contributed by atoms with Crippen LogP contribution in [0, 0.1) is 0 Å². The van der Waals surface area contributed by atoms with Crippen LogP contribution in [0.5, 0.6) is 0 Å². The van der Waals surface area contributed by atoms with Crippen LogP contribution in [0.1, 0.15) is 25.3 Å². The SMILES string of the molecule is O=c1c2ccc3ccnnc3c3ccc([nH]n1C1CCC1)c23. The summed E-state index contributed by atoms with van der Waals surface area (Å²) in [4.78, 5) is 12.9. The van der Waals surface area contributed by atoms with Gasteiger partial charge in [-0.1, -0.05) is 6.07 Å². The van der Waals surface area contributed by atoms with Gasteiger partial charge < -0.3 is 0 Å². The molecule has 1 saturated carbocycles. The van der Waals surface area contributed by atoms with Crippen molar-refractivity contribution in [1.82, 2.24) is 20.0 Å². The number of rotatable bonds is 1. The lowest BCUT2D eigenvalue weighted by Crippen LogP contribution is -2.30. The van der Waals surface area contributed by atoms with Crippen LogP contribution < -0.4 is 5.56 Å². The van der Waals surface area contributed by atoms with Crippen molar-refractivity contribution >= 4 is 32.6 Å². The van der Waals surface area contributed by atoms with E-state index >= 15 is 0 Å². The van der Waals surface area contributed by atoms with Crippen LogP contribution >= 0.6 is 0 Å². The van der Waals surface area contributed by atoms with Crippen molar-refractivity contribution in [3.05, 3.63) is 46.9 Å². The van der Waals surface area contributed by atoms with Crippen molar-refractivity contribution in [1.29, 1.82) is 0 Å². The Morgan fingerprint density at radius 3 is 2.77 bits per heavy atom. The minimum Gasteiger partial charge on any atom is -0.295 e. The zero-order valence-electron chi connectivity index (χ0n) is 11.9. The molecule has 0 bridgehead atoms. The van der Waals surface area contributed by atoms with Crippen LogP contribution in [0.25, 0.3) is 32.6 Å². The molecule has 2 heterocycles. The first-order chi connectivity index (χ1) is 10.8. The number of nitrogens with zero attached hydrogens (tertiary/aromatic N) is 3. The zero-order valence-corrected chi connectivity index (χ0v) is 11.9. The molecule has 1 aliphatic carbocycles. The van der Waals surface area contributed by atoms with Gasteiger partial charge >= 0.3 is 0 Å². The van der Waals surface area contributed by atoms with Crippen molar-refractivity contribution in [2.24, 2.45) is 0 Å². The third kappa shape index (κ3) is 1.45. The molecular weight excluding hydrogens is 276 g/mol. The number of hydrogen-bond acceptors (Lipinski definition) is 3. The van der Waals surface area contributed by atoms with Gasteiger partial charge in [0.25, 0.3) is 5.56 Å². The van der Waals surface area contributed by atoms with Crippen LogP contribution in [0.4, 0.5) is 0 Å². The van der Waals surface area contributed by atoms with Crippen LogP contribution in [-0.4, -0.2) is 20.0 Å². The van der Waals surface area contributed by atoms with Gasteiger partial charge in [-0.2, -0.15) is 5.10 Å². The Hall–Kier alpha value is -2.69. The average Bonchev–Trinajstić information content (AvgIpc) is 2.81. The van der Waals surface area contributed by atoms with Crippen LogP contribution in [0.3, 0.4) is 0 Å². The second-order valence-electron chi connectivity index (χ2n) is 5.99. The highest BCUT2D eigenvalue weighted by Crippen LogP contribution is 2.33. The highest BCUT2D eigenvalue weighted by molar-refractivity contribution is 6.17. The minimum atomic E-state index is 0.0571. The van der Waals surface area contributed by atoms with Crippen molar-refractivity contribution in [2.45, 2.75) is 25.3 Å². The van der Waals surface area contributed by atoms with Gasteiger partial charge in [0.1, 0.15) is 5.52 Å². The molecule has 5 heteroatoms. The van der Waals surface area contributed by atoms with E-state index < -0.39 is 0 Å². The van der Waals surface area contributed by atoms with Gasteiger partial charge in [-0.25, -0.2) is 4.68 Å². The summed E-state index contributed by atoms with van der Waals surface area (Å²) in [5.41, 5.74) is 1.88. The van der Waals surface area contributed by atoms with E-state index in [1.165, 1.54) is 6.42 Å². The van der Waals surface area contributed by atoms with Gasteiger partial charge in [0.15, 0.2) is 0 Å². The second kappa shape index (κ2) is 4.16. The third-order valence-corrected chi connectivity index (χ3v) is 4.79. The topological polar surface area (TPSA) is 63.6 Å². The highest BCUT2D eigenvalue weighted by Gasteiger charge is 2.22. The molecule has 22 heavy (non-hydrogen) atoms. The molecule has 0 amide bonds. The van der Waals surface area contributed by atoms with Gasteiger partial charge in [0, 0.05) is 16.2 Å². The maximum atomic E-state index is 12.9. The van der Waals surface area contributed by atoms with Gasteiger partial charge in [-0.05, 0) is 43.5 Å². The summed E-state index contributed by atoms with van der Waals surface area (Å²) in [6.45, 7) is 0. The Bertz CT molecular complexity index is 1090. The van der Waals surface area contributed by atoms with E-state index in [1.54, 1.807) is 10.9 Å². The first-order valence-corrected chi connectivity index (χ1v) is 7.60. The fourth-order valence-corrected chi connectivity index (χ4v) is 3.39. The summed E-state index contributed by atoms with van der Waals surface area (Å²) in [7, 11) is 0. The summed E-state index contributed by atoms with van der Waals surface area (Å²) in [6, 6.07) is 10.2. The molecule has 0 radical (unpaired) electrons. The summed E-state index contributed by atoms with van der Waals surface area (Å²) < 4.78 is 1.80. The molecule has 0 aliphatic heterocycles. The molecule has 108 valence electrons. The molecule has 0 unspecified atom stereocenters. The molecule has 0 spiro atoms. The lowest BCUT2D eigenvalue weighted by atomic mass is 9.93. The standard InChI is InChI=1S/C17H14N4O/c22-17-13-5-4-10-8-9-18-19-16(10)12-6-7-14(15(12)13)20-21(17)11-2-1-3-11/h4-9,11,20H,1-3H2. The van der Waals surface area contributed by atoms with E-state index in [-0.39, 0.29) is 5.56 Å². The van der Waals surface area contributed by atoms with Gasteiger partial charge in [-0.3, -0.25) is 9.89 Å². The van der Waals surface area contributed by atoms with E-state index in [9.17, 15) is 4.79 Å². The zero-order chi connectivity index (χ0) is 14.7. The minimum absolute atomic E-state index is 0.0571. The Kier molecular flexibility index (Phi) is 2.25. The Morgan fingerprint density at radius 1 is 1.09 bits per heavy atom. The van der Waals surface area contributed by atoms with Gasteiger partial charge in [-0.15, -0.1) is 5.10 Å². The summed E-state index contributed by atoms with van der Waals surface area (Å²) >= 11 is 0. The maximum Gasteiger partial charge on any atom is 0.273 e. The van der Waals surface area contributed by atoms with E-state index in [4.69, 9.17) is 0 Å². The molecule has 5 rings (SSSR count). The predicted octanol–water partition coefficient (Wildman–Crippen LogP) is 3.15. The third-order valence-electron chi connectivity index (χ3n) is 4.79. The first kappa shape index (κ1) is 11.9. The Labute approximate surface area is 125 Å². The van der Waals surface area contributed by atoms with E-state index in [2.05, 4.69) is 15.3 Å². The predicted molar refractivity (Wildman–Crippen MR) is 86.0 cm³/mol. The first-order valence-electron chi connectivity index (χ1n) is 7.60. The number of H-pyrrole nitrogens is 1. The Balaban J connectivity index is 2.02. The summed E-state index contributed by atoms with van der Waals surface area (Å²) in [5, 5.41) is 15.2. The molecule has 5 nitrogen and oxygen atoms in total. The van der Waals surface area contributed by atoms with Crippen molar-refractivity contribution in [3.63, 3.8) is 0 Å². The van der Waals surface area contributed by atoms with Crippen LogP contribution in [0.2, 0.25) is 0 Å². The van der Waals surface area contributed by atoms with Crippen molar-refractivity contribution < 1.29 is 0 Å². The van der Waals surface area contributed by atoms with Crippen molar-refractivity contribution in [3.8, 4) is 0 Å². The lowest BCUT2D eigenvalue weighted by molar-refractivity contribution is 0.282. The lowest BCUT2D eigenvalue weighted by Gasteiger charge is -2.27. The molecule has 0 atom stereocenters. The molecular formula is C17H14N4O. The van der Waals surface area contributed by atoms with Crippen LogP contribution in [-0.2, 0) is 0 Å². The molecule has 1 N–H and O–H groups in total. The normalized spacial score (nSPS) is 15.6. The summed E-state index contributed by atoms with van der Waals surface area (Å²) in [6.07, 6.45) is 5.02. The molecule has 2 aromatic heterocycles. The number of nitrogens with one attached hydrogen (secondary N) is 1. The maximum absolute atomic E-state index is 12.9. The van der Waals surface area contributed by atoms with Crippen molar-refractivity contribution in [2.75, 3.05) is 0 Å². The number of aromatic amines is 1. The van der Waals surface area contributed by atoms with E-state index in [0.717, 1.165) is 45.4 Å². The number of hydrogen-bond donors (Lipinski definition) is 1. The van der Waals surface area contributed by atoms with Gasteiger partial charge in [0.2, 0.25) is 0 Å². The highest BCUT2D eigenvalue weighted by atomic mass is 16.1.